The molecule has 0 saturated heterocycles. The maximum Gasteiger partial charge on any atom is 0.408 e. The van der Waals surface area contributed by atoms with Crippen molar-refractivity contribution in [1.82, 2.24) is 10.2 Å². The third-order valence-corrected chi connectivity index (χ3v) is 5.12. The molecule has 40 heavy (non-hydrogen) atoms. The fourth-order valence-electron chi connectivity index (χ4n) is 3.37. The number of benzene rings is 2. The van der Waals surface area contributed by atoms with Crippen molar-refractivity contribution in [3.05, 3.63) is 71.0 Å². The van der Waals surface area contributed by atoms with E-state index in [2.05, 4.69) is 10.1 Å². The van der Waals surface area contributed by atoms with E-state index < -0.39 is 72.6 Å². The summed E-state index contributed by atoms with van der Waals surface area (Å²) in [6, 6.07) is 9.48. The average Bonchev–Trinajstić information content (AvgIpc) is 2.86. The number of ether oxygens (including phenoxy) is 3. The van der Waals surface area contributed by atoms with E-state index in [0.717, 1.165) is 25.3 Å². The van der Waals surface area contributed by atoms with Gasteiger partial charge in [-0.3, -0.25) is 9.59 Å². The Balaban J connectivity index is 2.32. The quantitative estimate of drug-likeness (QED) is 0.254. The van der Waals surface area contributed by atoms with Crippen molar-refractivity contribution in [3.63, 3.8) is 0 Å². The van der Waals surface area contributed by atoms with Crippen molar-refractivity contribution < 1.29 is 51.0 Å². The van der Waals surface area contributed by atoms with E-state index in [1.807, 2.05) is 0 Å². The van der Waals surface area contributed by atoms with Gasteiger partial charge in [-0.05, 0) is 44.5 Å². The van der Waals surface area contributed by atoms with E-state index in [-0.39, 0.29) is 17.1 Å². The summed E-state index contributed by atoms with van der Waals surface area (Å²) < 4.78 is 69.7. The molecule has 0 bridgehead atoms. The van der Waals surface area contributed by atoms with Gasteiger partial charge in [0.05, 0.1) is 19.1 Å². The SMILES string of the molecule is COC(=O)C[C@H](NC(=O)OCc1ccccc1)C(=O)N(Cc1cc(C(=O)OC(C)(C)C)ccc1F)CC(F)(F)F. The van der Waals surface area contributed by atoms with Gasteiger partial charge >= 0.3 is 24.2 Å². The third kappa shape index (κ3) is 10.9. The number of amides is 2. The van der Waals surface area contributed by atoms with Crippen LogP contribution in [0.5, 0.6) is 0 Å². The number of carbonyl (C=O) groups excluding carboxylic acids is 4. The second-order valence-corrected chi connectivity index (χ2v) is 9.66. The minimum absolute atomic E-state index is 0.153. The highest BCUT2D eigenvalue weighted by atomic mass is 19.4. The highest BCUT2D eigenvalue weighted by molar-refractivity contribution is 5.91. The lowest BCUT2D eigenvalue weighted by Gasteiger charge is -2.28. The van der Waals surface area contributed by atoms with Crippen LogP contribution in [-0.2, 0) is 37.0 Å². The molecule has 2 rings (SSSR count). The van der Waals surface area contributed by atoms with Crippen LogP contribution in [0.1, 0.15) is 48.7 Å². The number of halogens is 4. The Morgan fingerprint density at radius 2 is 1.65 bits per heavy atom. The summed E-state index contributed by atoms with van der Waals surface area (Å²) in [6.45, 7) is 1.77. The number of nitrogens with zero attached hydrogens (tertiary/aromatic N) is 1. The predicted octanol–water partition coefficient (Wildman–Crippen LogP) is 4.53. The maximum atomic E-state index is 14.6. The molecule has 0 aliphatic carbocycles. The molecule has 2 aromatic carbocycles. The molecule has 0 unspecified atom stereocenters. The summed E-state index contributed by atoms with van der Waals surface area (Å²) in [5.41, 5.74) is -0.886. The van der Waals surface area contributed by atoms with Gasteiger partial charge in [0.2, 0.25) is 5.91 Å². The number of nitrogens with one attached hydrogen (secondary N) is 1. The maximum absolute atomic E-state index is 14.6. The van der Waals surface area contributed by atoms with Crippen molar-refractivity contribution >= 4 is 23.9 Å². The molecule has 0 aliphatic rings. The third-order valence-electron chi connectivity index (χ3n) is 5.12. The minimum Gasteiger partial charge on any atom is -0.469 e. The lowest BCUT2D eigenvalue weighted by atomic mass is 10.1. The van der Waals surface area contributed by atoms with E-state index in [4.69, 9.17) is 9.47 Å². The van der Waals surface area contributed by atoms with Crippen LogP contribution >= 0.6 is 0 Å². The van der Waals surface area contributed by atoms with Gasteiger partial charge < -0.3 is 24.4 Å². The summed E-state index contributed by atoms with van der Waals surface area (Å²) in [5, 5.41) is 2.09. The van der Waals surface area contributed by atoms with Gasteiger partial charge in [-0.1, -0.05) is 30.3 Å². The predicted molar refractivity (Wildman–Crippen MR) is 133 cm³/mol. The number of rotatable bonds is 10. The first-order valence-electron chi connectivity index (χ1n) is 12.0. The monoisotopic (exact) mass is 570 g/mol. The molecule has 0 aliphatic heterocycles. The van der Waals surface area contributed by atoms with Crippen molar-refractivity contribution in [2.45, 2.75) is 58.2 Å². The van der Waals surface area contributed by atoms with Gasteiger partial charge in [-0.2, -0.15) is 13.2 Å². The molecule has 0 aromatic heterocycles. The molecule has 0 heterocycles. The zero-order valence-electron chi connectivity index (χ0n) is 22.3. The lowest BCUT2D eigenvalue weighted by Crippen LogP contribution is -2.51. The van der Waals surface area contributed by atoms with Gasteiger partial charge in [0.15, 0.2) is 0 Å². The minimum atomic E-state index is -4.93. The molecule has 1 atom stereocenters. The van der Waals surface area contributed by atoms with Crippen molar-refractivity contribution in [3.8, 4) is 0 Å². The Hall–Kier alpha value is -4.16. The Bertz CT molecular complexity index is 1200. The molecule has 0 saturated carbocycles. The van der Waals surface area contributed by atoms with Gasteiger partial charge in [0.25, 0.3) is 0 Å². The number of hydrogen-bond acceptors (Lipinski definition) is 7. The second-order valence-electron chi connectivity index (χ2n) is 9.66. The first kappa shape index (κ1) is 32.1. The lowest BCUT2D eigenvalue weighted by molar-refractivity contribution is -0.164. The largest absolute Gasteiger partial charge is 0.469 e. The topological polar surface area (TPSA) is 111 Å². The highest BCUT2D eigenvalue weighted by Crippen LogP contribution is 2.22. The molecule has 0 radical (unpaired) electrons. The Kier molecular flexibility index (Phi) is 11.0. The second kappa shape index (κ2) is 13.8. The van der Waals surface area contributed by atoms with E-state index in [1.54, 1.807) is 51.1 Å². The van der Waals surface area contributed by atoms with E-state index in [0.29, 0.717) is 5.56 Å². The van der Waals surface area contributed by atoms with Crippen LogP contribution < -0.4 is 5.32 Å². The van der Waals surface area contributed by atoms with Crippen molar-refractivity contribution in [1.29, 1.82) is 0 Å². The van der Waals surface area contributed by atoms with Crippen LogP contribution in [0.3, 0.4) is 0 Å². The van der Waals surface area contributed by atoms with E-state index >= 15 is 0 Å². The Labute approximate surface area is 228 Å². The Morgan fingerprint density at radius 1 is 1.00 bits per heavy atom. The summed E-state index contributed by atoms with van der Waals surface area (Å²) in [7, 11) is 0.989. The number of methoxy groups -OCH3 is 1. The first-order valence-corrected chi connectivity index (χ1v) is 12.0. The number of esters is 2. The normalized spacial score (nSPS) is 12.2. The number of alkyl halides is 3. The zero-order valence-corrected chi connectivity index (χ0v) is 22.3. The molecule has 218 valence electrons. The fraction of sp³-hybridized carbons (Fsp3) is 0.407. The summed E-state index contributed by atoms with van der Waals surface area (Å²) in [5.74, 6) is -4.21. The molecule has 0 spiro atoms. The van der Waals surface area contributed by atoms with Crippen LogP contribution in [0.2, 0.25) is 0 Å². The van der Waals surface area contributed by atoms with E-state index in [1.165, 1.54) is 0 Å². The first-order chi connectivity index (χ1) is 18.6. The van der Waals surface area contributed by atoms with Gasteiger partial charge in [-0.15, -0.1) is 0 Å². The van der Waals surface area contributed by atoms with Crippen LogP contribution in [0.15, 0.2) is 48.5 Å². The summed E-state index contributed by atoms with van der Waals surface area (Å²) in [6.07, 6.45) is -6.94. The summed E-state index contributed by atoms with van der Waals surface area (Å²) >= 11 is 0. The Morgan fingerprint density at radius 3 is 2.23 bits per heavy atom. The molecule has 0 fully saturated rings. The smallest absolute Gasteiger partial charge is 0.408 e. The molecule has 2 aromatic rings. The van der Waals surface area contributed by atoms with Crippen molar-refractivity contribution in [2.24, 2.45) is 0 Å². The number of hydrogen-bond donors (Lipinski definition) is 1. The van der Waals surface area contributed by atoms with Gasteiger partial charge in [0, 0.05) is 12.1 Å². The molecule has 2 amide bonds. The van der Waals surface area contributed by atoms with Crippen LogP contribution in [0.25, 0.3) is 0 Å². The molecule has 9 nitrogen and oxygen atoms in total. The highest BCUT2D eigenvalue weighted by Gasteiger charge is 2.37. The molecular weight excluding hydrogens is 540 g/mol. The van der Waals surface area contributed by atoms with Crippen molar-refractivity contribution in [2.75, 3.05) is 13.7 Å². The van der Waals surface area contributed by atoms with Crippen LogP contribution in [-0.4, -0.2) is 60.3 Å². The molecular formula is C27H30F4N2O7. The van der Waals surface area contributed by atoms with Crippen LogP contribution in [0.4, 0.5) is 22.4 Å². The van der Waals surface area contributed by atoms with E-state index in [9.17, 15) is 36.7 Å². The standard InChI is InChI=1S/C27H30F4N2O7/c1-26(2,3)40-24(36)18-10-11-20(28)19(12-18)14-33(16-27(29,30)31)23(35)21(13-22(34)38-4)32-25(37)39-15-17-8-6-5-7-9-17/h5-12,21H,13-16H2,1-4H3,(H,32,37)/t21-/m0/s1. The fourth-order valence-corrected chi connectivity index (χ4v) is 3.37. The van der Waals surface area contributed by atoms with Gasteiger partial charge in [0.1, 0.15) is 30.6 Å². The average molecular weight is 571 g/mol. The zero-order chi connectivity index (χ0) is 30.1. The number of carbonyl (C=O) groups is 4. The number of alkyl carbamates (subject to hydrolysis) is 1. The molecule has 13 heteroatoms. The molecule has 1 N–H and O–H groups in total. The van der Waals surface area contributed by atoms with Crippen LogP contribution in [0, 0.1) is 5.82 Å². The summed E-state index contributed by atoms with van der Waals surface area (Å²) in [4.78, 5) is 50.1. The van der Waals surface area contributed by atoms with Gasteiger partial charge in [-0.25, -0.2) is 14.0 Å².